The molecule has 1 rings (SSSR count). The molecule has 1 amide bonds. The molecule has 1 aliphatic rings. The van der Waals surface area contributed by atoms with E-state index in [4.69, 9.17) is 0 Å². The van der Waals surface area contributed by atoms with Gasteiger partial charge in [0.15, 0.2) is 0 Å². The summed E-state index contributed by atoms with van der Waals surface area (Å²) in [5.74, 6) is 0. The van der Waals surface area contributed by atoms with Crippen LogP contribution in [0.15, 0.2) is 4.99 Å². The molecule has 0 aromatic heterocycles. The van der Waals surface area contributed by atoms with E-state index in [1.54, 1.807) is 6.92 Å². The molecular formula is C5H9N3O2. The molecule has 0 unspecified atom stereocenters. The first-order valence-corrected chi connectivity index (χ1v) is 3.03. The van der Waals surface area contributed by atoms with E-state index >= 15 is 0 Å². The molecule has 0 saturated carbocycles. The maximum Gasteiger partial charge on any atom is 0.430 e. The molecule has 1 N–H and O–H groups in total. The zero-order valence-corrected chi connectivity index (χ0v) is 5.70. The molecule has 0 aromatic rings. The number of amides is 1. The maximum absolute atomic E-state index is 10.8. The molecule has 0 radical (unpaired) electrons. The van der Waals surface area contributed by atoms with Crippen molar-refractivity contribution in [2.24, 2.45) is 4.99 Å². The molecule has 56 valence electrons. The summed E-state index contributed by atoms with van der Waals surface area (Å²) < 4.78 is 4.67. The predicted molar refractivity (Wildman–Crippen MR) is 35.4 cm³/mol. The highest BCUT2D eigenvalue weighted by atomic mass is 16.6. The molecule has 0 aliphatic carbocycles. The van der Waals surface area contributed by atoms with Gasteiger partial charge in [-0.15, -0.1) is 0 Å². The smallest absolute Gasteiger partial charge is 0.430 e. The lowest BCUT2D eigenvalue weighted by Gasteiger charge is -2.12. The van der Waals surface area contributed by atoms with Crippen molar-refractivity contribution < 1.29 is 9.53 Å². The summed E-state index contributed by atoms with van der Waals surface area (Å²) >= 11 is 0. The molecule has 0 bridgehead atoms. The Morgan fingerprint density at radius 3 is 3.30 bits per heavy atom. The van der Waals surface area contributed by atoms with Crippen molar-refractivity contribution in [2.75, 3.05) is 13.3 Å². The quantitative estimate of drug-likeness (QED) is 0.559. The molecule has 0 aromatic carbocycles. The summed E-state index contributed by atoms with van der Waals surface area (Å²) in [6.45, 7) is 2.48. The third kappa shape index (κ3) is 1.37. The van der Waals surface area contributed by atoms with Crippen LogP contribution < -0.4 is 5.43 Å². The standard InChI is InChI=1S/C5H9N3O2/c1-2-10-5(9)8-4-6-3-7-8/h3H,2,4H2,1H3,(H,6,7). The highest BCUT2D eigenvalue weighted by Crippen LogP contribution is 1.92. The fourth-order valence-electron chi connectivity index (χ4n) is 0.586. The molecular weight excluding hydrogens is 134 g/mol. The zero-order chi connectivity index (χ0) is 7.40. The summed E-state index contributed by atoms with van der Waals surface area (Å²) in [6, 6.07) is 0. The third-order valence-corrected chi connectivity index (χ3v) is 1.02. The van der Waals surface area contributed by atoms with E-state index in [1.807, 2.05) is 0 Å². The minimum absolute atomic E-state index is 0.332. The molecule has 0 saturated heterocycles. The monoisotopic (exact) mass is 143 g/mol. The number of carbonyl (C=O) groups excluding carboxylic acids is 1. The average Bonchev–Trinajstić information content (AvgIpc) is 2.38. The Morgan fingerprint density at radius 1 is 2.00 bits per heavy atom. The Hall–Kier alpha value is -1.26. The SMILES string of the molecule is CCOC(=O)N1CN=CN1. The summed E-state index contributed by atoms with van der Waals surface area (Å²) in [6.07, 6.45) is 1.07. The lowest BCUT2D eigenvalue weighted by molar-refractivity contribution is 0.103. The number of rotatable bonds is 1. The second-order valence-electron chi connectivity index (χ2n) is 1.71. The summed E-state index contributed by atoms with van der Waals surface area (Å²) in [4.78, 5) is 14.6. The van der Waals surface area contributed by atoms with Crippen molar-refractivity contribution in [3.8, 4) is 0 Å². The topological polar surface area (TPSA) is 53.9 Å². The number of hydrogen-bond acceptors (Lipinski definition) is 4. The second kappa shape index (κ2) is 3.05. The summed E-state index contributed by atoms with van der Waals surface area (Å²) in [7, 11) is 0. The lowest BCUT2D eigenvalue weighted by Crippen LogP contribution is -2.38. The van der Waals surface area contributed by atoms with Gasteiger partial charge in [0.1, 0.15) is 13.0 Å². The van der Waals surface area contributed by atoms with Gasteiger partial charge in [0.2, 0.25) is 0 Å². The Kier molecular flexibility index (Phi) is 2.09. The van der Waals surface area contributed by atoms with Crippen molar-refractivity contribution in [2.45, 2.75) is 6.92 Å². The average molecular weight is 143 g/mol. The van der Waals surface area contributed by atoms with Crippen LogP contribution in [0.5, 0.6) is 0 Å². The van der Waals surface area contributed by atoms with Crippen LogP contribution in [-0.4, -0.2) is 30.7 Å². The van der Waals surface area contributed by atoms with Crippen molar-refractivity contribution in [1.29, 1.82) is 0 Å². The number of nitrogens with zero attached hydrogens (tertiary/aromatic N) is 2. The van der Waals surface area contributed by atoms with Gasteiger partial charge < -0.3 is 4.74 Å². The number of ether oxygens (including phenoxy) is 1. The lowest BCUT2D eigenvalue weighted by atomic mass is 10.8. The van der Waals surface area contributed by atoms with Crippen molar-refractivity contribution >= 4 is 12.4 Å². The van der Waals surface area contributed by atoms with Crippen molar-refractivity contribution in [3.05, 3.63) is 0 Å². The zero-order valence-electron chi connectivity index (χ0n) is 5.70. The Bertz CT molecular complexity index is 149. The highest BCUT2D eigenvalue weighted by molar-refractivity contribution is 5.71. The molecule has 5 nitrogen and oxygen atoms in total. The number of carbonyl (C=O) groups is 1. The van der Waals surface area contributed by atoms with Gasteiger partial charge in [-0.05, 0) is 6.92 Å². The number of nitrogens with one attached hydrogen (secondary N) is 1. The first-order valence-electron chi connectivity index (χ1n) is 3.03. The van der Waals surface area contributed by atoms with Gasteiger partial charge in [0, 0.05) is 0 Å². The normalized spacial score (nSPS) is 15.1. The van der Waals surface area contributed by atoms with E-state index in [2.05, 4.69) is 15.2 Å². The van der Waals surface area contributed by atoms with Crippen LogP contribution in [0.25, 0.3) is 0 Å². The van der Waals surface area contributed by atoms with E-state index in [1.165, 1.54) is 11.3 Å². The van der Waals surface area contributed by atoms with E-state index in [9.17, 15) is 4.79 Å². The first-order chi connectivity index (χ1) is 4.84. The largest absolute Gasteiger partial charge is 0.448 e. The number of hydrazine groups is 1. The third-order valence-electron chi connectivity index (χ3n) is 1.02. The molecule has 0 spiro atoms. The molecule has 1 heterocycles. The van der Waals surface area contributed by atoms with Crippen LogP contribution in [0.3, 0.4) is 0 Å². The van der Waals surface area contributed by atoms with Gasteiger partial charge in [-0.3, -0.25) is 10.4 Å². The molecule has 10 heavy (non-hydrogen) atoms. The van der Waals surface area contributed by atoms with Gasteiger partial charge in [-0.1, -0.05) is 0 Å². The number of hydrogen-bond donors (Lipinski definition) is 1. The van der Waals surface area contributed by atoms with Gasteiger partial charge in [-0.2, -0.15) is 5.01 Å². The van der Waals surface area contributed by atoms with Crippen molar-refractivity contribution in [3.63, 3.8) is 0 Å². The Labute approximate surface area is 58.6 Å². The summed E-state index contributed by atoms with van der Waals surface area (Å²) in [5, 5.41) is 1.28. The minimum Gasteiger partial charge on any atom is -0.448 e. The highest BCUT2D eigenvalue weighted by Gasteiger charge is 2.14. The van der Waals surface area contributed by atoms with Gasteiger partial charge in [-0.25, -0.2) is 4.79 Å². The molecule has 0 fully saturated rings. The fraction of sp³-hybridized carbons (Fsp3) is 0.600. The second-order valence-corrected chi connectivity index (χ2v) is 1.71. The first kappa shape index (κ1) is 6.85. The van der Waals surface area contributed by atoms with Crippen LogP contribution in [0.1, 0.15) is 6.92 Å². The Balaban J connectivity index is 2.28. The molecule has 0 atom stereocenters. The fourth-order valence-corrected chi connectivity index (χ4v) is 0.586. The van der Waals surface area contributed by atoms with Crippen LogP contribution in [0.4, 0.5) is 4.79 Å². The van der Waals surface area contributed by atoms with Crippen LogP contribution in [0.2, 0.25) is 0 Å². The van der Waals surface area contributed by atoms with E-state index < -0.39 is 0 Å². The van der Waals surface area contributed by atoms with Crippen LogP contribution >= 0.6 is 0 Å². The van der Waals surface area contributed by atoms with Gasteiger partial charge in [0.25, 0.3) is 0 Å². The molecule has 1 aliphatic heterocycles. The predicted octanol–water partition coefficient (Wildman–Crippen LogP) is -0.0511. The maximum atomic E-state index is 10.8. The van der Waals surface area contributed by atoms with E-state index in [-0.39, 0.29) is 6.09 Å². The van der Waals surface area contributed by atoms with Crippen LogP contribution in [0, 0.1) is 0 Å². The van der Waals surface area contributed by atoms with Gasteiger partial charge >= 0.3 is 6.09 Å². The summed E-state index contributed by atoms with van der Waals surface area (Å²) in [5.41, 5.74) is 2.61. The van der Waals surface area contributed by atoms with Crippen LogP contribution in [-0.2, 0) is 4.74 Å². The number of aliphatic imine (C=N–C) groups is 1. The van der Waals surface area contributed by atoms with E-state index in [0.29, 0.717) is 13.3 Å². The van der Waals surface area contributed by atoms with Crippen molar-refractivity contribution in [1.82, 2.24) is 10.4 Å². The Morgan fingerprint density at radius 2 is 2.80 bits per heavy atom. The molecule has 5 heteroatoms. The van der Waals surface area contributed by atoms with Gasteiger partial charge in [0.05, 0.1) is 6.61 Å². The van der Waals surface area contributed by atoms with E-state index in [0.717, 1.165) is 0 Å². The minimum atomic E-state index is -0.389.